The third kappa shape index (κ3) is 5.49. The summed E-state index contributed by atoms with van der Waals surface area (Å²) in [4.78, 5) is 25.8. The monoisotopic (exact) mass is 627 g/mol. The van der Waals surface area contributed by atoms with E-state index in [1.165, 1.54) is 18.2 Å². The number of benzene rings is 3. The Morgan fingerprint density at radius 1 is 1.06 bits per heavy atom. The predicted octanol–water partition coefficient (Wildman–Crippen LogP) is 7.86. The van der Waals surface area contributed by atoms with Crippen LogP contribution in [0.5, 0.6) is 0 Å². The first-order valence-corrected chi connectivity index (χ1v) is 12.7. The minimum Gasteiger partial charge on any atom is -0.326 e. The summed E-state index contributed by atoms with van der Waals surface area (Å²) in [6.45, 7) is 0. The summed E-state index contributed by atoms with van der Waals surface area (Å²) >= 11 is 28.7. The molecule has 0 heterocycles. The normalized spacial score (nSPS) is 17.7. The molecule has 3 aromatic carbocycles. The van der Waals surface area contributed by atoms with Gasteiger partial charge < -0.3 is 10.6 Å². The highest BCUT2D eigenvalue weighted by atomic mass is 79.9. The third-order valence-electron chi connectivity index (χ3n) is 5.82. The van der Waals surface area contributed by atoms with E-state index < -0.39 is 21.5 Å². The van der Waals surface area contributed by atoms with Gasteiger partial charge in [0.1, 0.15) is 16.2 Å². The van der Waals surface area contributed by atoms with Crippen molar-refractivity contribution in [1.29, 1.82) is 5.26 Å². The van der Waals surface area contributed by atoms with Gasteiger partial charge in [-0.25, -0.2) is 4.39 Å². The Morgan fingerprint density at radius 3 is 2.42 bits per heavy atom. The van der Waals surface area contributed by atoms with Gasteiger partial charge in [-0.1, -0.05) is 39.1 Å². The Labute approximate surface area is 234 Å². The number of halogens is 6. The molecule has 4 rings (SSSR count). The quantitative estimate of drug-likeness (QED) is 0.272. The smallest absolute Gasteiger partial charge is 0.257 e. The lowest BCUT2D eigenvalue weighted by Crippen LogP contribution is -2.24. The molecule has 36 heavy (non-hydrogen) atoms. The fourth-order valence-corrected chi connectivity index (χ4v) is 5.81. The number of nitriles is 1. The molecule has 0 saturated heterocycles. The van der Waals surface area contributed by atoms with Crippen molar-refractivity contribution in [2.45, 2.75) is 22.6 Å². The van der Waals surface area contributed by atoms with Crippen LogP contribution in [-0.2, 0) is 10.2 Å². The summed E-state index contributed by atoms with van der Waals surface area (Å²) in [5.41, 5.74) is 0.330. The van der Waals surface area contributed by atoms with Crippen LogP contribution in [0.3, 0.4) is 0 Å². The highest BCUT2D eigenvalue weighted by molar-refractivity contribution is 9.10. The summed E-state index contributed by atoms with van der Waals surface area (Å²) in [6, 6.07) is 14.9. The van der Waals surface area contributed by atoms with Gasteiger partial charge in [0.15, 0.2) is 0 Å². The molecule has 184 valence electrons. The Kier molecular flexibility index (Phi) is 7.57. The number of carbonyl (C=O) groups excluding carboxylic acids is 2. The molecule has 0 bridgehead atoms. The molecule has 0 spiro atoms. The number of hydrogen-bond donors (Lipinski definition) is 2. The highest BCUT2D eigenvalue weighted by Crippen LogP contribution is 2.67. The molecule has 1 aliphatic carbocycles. The summed E-state index contributed by atoms with van der Waals surface area (Å²) in [5, 5.41) is 15.1. The van der Waals surface area contributed by atoms with Gasteiger partial charge in [-0.2, -0.15) is 5.26 Å². The Bertz CT molecular complexity index is 1420. The SMILES string of the molecule is N#Cc1cc(F)ccc1NC(=O)c1cc(NC(=O)CC2(c3cc(Cl)cc(Br)c3)CC2(Cl)Cl)ccc1Cl. The van der Waals surface area contributed by atoms with Gasteiger partial charge in [-0.3, -0.25) is 9.59 Å². The van der Waals surface area contributed by atoms with Crippen LogP contribution in [0.15, 0.2) is 59.1 Å². The summed E-state index contributed by atoms with van der Waals surface area (Å²) in [5.74, 6) is -1.63. The minimum absolute atomic E-state index is 0.0297. The molecule has 0 aromatic heterocycles. The van der Waals surface area contributed by atoms with E-state index in [1.54, 1.807) is 18.2 Å². The first-order chi connectivity index (χ1) is 16.9. The number of anilines is 2. The van der Waals surface area contributed by atoms with Gasteiger partial charge in [0.25, 0.3) is 5.91 Å². The molecule has 1 atom stereocenters. The highest BCUT2D eigenvalue weighted by Gasteiger charge is 2.67. The van der Waals surface area contributed by atoms with Crippen LogP contribution in [-0.4, -0.2) is 16.1 Å². The van der Waals surface area contributed by atoms with Crippen molar-refractivity contribution in [2.24, 2.45) is 0 Å². The first kappa shape index (κ1) is 26.7. The van der Waals surface area contributed by atoms with Crippen molar-refractivity contribution >= 4 is 85.5 Å². The molecular weight excluding hydrogens is 615 g/mol. The minimum atomic E-state index is -1.15. The number of hydrogen-bond acceptors (Lipinski definition) is 3. The van der Waals surface area contributed by atoms with Gasteiger partial charge in [-0.15, -0.1) is 23.2 Å². The lowest BCUT2D eigenvalue weighted by Gasteiger charge is -2.19. The zero-order valence-corrected chi connectivity index (χ0v) is 22.8. The van der Waals surface area contributed by atoms with E-state index in [1.807, 2.05) is 12.1 Å². The molecule has 2 amide bonds. The maximum absolute atomic E-state index is 13.4. The van der Waals surface area contributed by atoms with Gasteiger partial charge in [0, 0.05) is 27.0 Å². The molecule has 2 N–H and O–H groups in total. The van der Waals surface area contributed by atoms with E-state index in [4.69, 9.17) is 46.4 Å². The van der Waals surface area contributed by atoms with Crippen LogP contribution >= 0.6 is 62.3 Å². The topological polar surface area (TPSA) is 82.0 Å². The number of alkyl halides is 2. The molecule has 11 heteroatoms. The van der Waals surface area contributed by atoms with Crippen LogP contribution in [0.25, 0.3) is 0 Å². The van der Waals surface area contributed by atoms with E-state index in [-0.39, 0.29) is 34.2 Å². The average Bonchev–Trinajstić information content (AvgIpc) is 3.36. The van der Waals surface area contributed by atoms with Crippen molar-refractivity contribution < 1.29 is 14.0 Å². The molecule has 1 fully saturated rings. The van der Waals surface area contributed by atoms with E-state index in [0.29, 0.717) is 17.1 Å². The van der Waals surface area contributed by atoms with Crippen molar-refractivity contribution in [3.05, 3.63) is 91.6 Å². The molecule has 0 radical (unpaired) electrons. The molecule has 1 unspecified atom stereocenters. The summed E-state index contributed by atoms with van der Waals surface area (Å²) in [7, 11) is 0. The second-order valence-corrected chi connectivity index (χ2v) is 11.5. The van der Waals surface area contributed by atoms with Gasteiger partial charge in [0.05, 0.1) is 21.8 Å². The molecule has 1 aliphatic rings. The van der Waals surface area contributed by atoms with Crippen LogP contribution in [0.4, 0.5) is 15.8 Å². The van der Waals surface area contributed by atoms with E-state index in [9.17, 15) is 19.2 Å². The molecule has 1 saturated carbocycles. The van der Waals surface area contributed by atoms with Gasteiger partial charge in [0.2, 0.25) is 5.91 Å². The standard InChI is InChI=1S/C25H15BrCl4FN3O2/c26-15-6-14(7-16(27)8-15)24(12-25(24,29)30)10-22(35)33-18-2-3-20(28)19(9-18)23(36)34-21-4-1-17(31)5-13(21)11-32/h1-9H,10,12H2,(H,33,35)(H,34,36). The van der Waals surface area contributed by atoms with E-state index in [2.05, 4.69) is 26.6 Å². The molecule has 3 aromatic rings. The van der Waals surface area contributed by atoms with Crippen LogP contribution < -0.4 is 10.6 Å². The predicted molar refractivity (Wildman–Crippen MR) is 144 cm³/mol. The second kappa shape index (κ2) is 10.2. The van der Waals surface area contributed by atoms with Crippen molar-refractivity contribution in [1.82, 2.24) is 0 Å². The third-order valence-corrected chi connectivity index (χ3v) is 7.82. The zero-order valence-electron chi connectivity index (χ0n) is 18.1. The van der Waals surface area contributed by atoms with Crippen LogP contribution in [0.2, 0.25) is 10.0 Å². The maximum Gasteiger partial charge on any atom is 0.257 e. The summed E-state index contributed by atoms with van der Waals surface area (Å²) < 4.78 is 13.0. The summed E-state index contributed by atoms with van der Waals surface area (Å²) in [6.07, 6.45) is 0.328. The van der Waals surface area contributed by atoms with Gasteiger partial charge in [-0.05, 0) is 66.6 Å². The fraction of sp³-hybridized carbons (Fsp3) is 0.160. The van der Waals surface area contributed by atoms with Crippen molar-refractivity contribution in [3.8, 4) is 6.07 Å². The average molecular weight is 630 g/mol. The Morgan fingerprint density at radius 2 is 1.78 bits per heavy atom. The number of rotatable bonds is 6. The lowest BCUT2D eigenvalue weighted by molar-refractivity contribution is -0.116. The Hall–Kier alpha value is -2.34. The van der Waals surface area contributed by atoms with E-state index >= 15 is 0 Å². The van der Waals surface area contributed by atoms with Crippen LogP contribution in [0.1, 0.15) is 34.3 Å². The number of amides is 2. The van der Waals surface area contributed by atoms with E-state index in [0.717, 1.165) is 22.2 Å². The number of nitrogens with one attached hydrogen (secondary N) is 2. The molecular formula is C25H15BrCl4FN3O2. The van der Waals surface area contributed by atoms with Gasteiger partial charge >= 0.3 is 0 Å². The second-order valence-electron chi connectivity index (χ2n) is 8.30. The first-order valence-electron chi connectivity index (χ1n) is 10.4. The zero-order chi connectivity index (χ0) is 26.3. The van der Waals surface area contributed by atoms with Crippen LogP contribution in [0, 0.1) is 17.1 Å². The van der Waals surface area contributed by atoms with Crippen molar-refractivity contribution in [2.75, 3.05) is 10.6 Å². The maximum atomic E-state index is 13.4. The Balaban J connectivity index is 1.53. The number of carbonyl (C=O) groups is 2. The largest absolute Gasteiger partial charge is 0.326 e. The lowest BCUT2D eigenvalue weighted by atomic mass is 9.92. The number of nitrogens with zero attached hydrogens (tertiary/aromatic N) is 1. The molecule has 0 aliphatic heterocycles. The fourth-order valence-electron chi connectivity index (χ4n) is 3.94. The van der Waals surface area contributed by atoms with Crippen molar-refractivity contribution in [3.63, 3.8) is 0 Å². The molecule has 5 nitrogen and oxygen atoms in total.